The van der Waals surface area contributed by atoms with E-state index < -0.39 is 22.0 Å². The molecule has 0 saturated heterocycles. The van der Waals surface area contributed by atoms with E-state index in [0.29, 0.717) is 47.5 Å². The molecule has 10 nitrogen and oxygen atoms in total. The Bertz CT molecular complexity index is 1110. The van der Waals surface area contributed by atoms with Crippen LogP contribution in [0.2, 0.25) is 0 Å². The van der Waals surface area contributed by atoms with Gasteiger partial charge in [-0.25, -0.2) is 8.42 Å². The average molecular weight is 495 g/mol. The van der Waals surface area contributed by atoms with E-state index in [9.17, 15) is 13.2 Å². The predicted molar refractivity (Wildman–Crippen MR) is 124 cm³/mol. The van der Waals surface area contributed by atoms with Gasteiger partial charge in [0.1, 0.15) is 19.3 Å². The largest absolute Gasteiger partial charge is 0.493 e. The first-order valence-corrected chi connectivity index (χ1v) is 12.2. The summed E-state index contributed by atoms with van der Waals surface area (Å²) in [7, 11) is 0.506. The molecule has 1 amide bonds. The van der Waals surface area contributed by atoms with Crippen LogP contribution in [0.15, 0.2) is 35.2 Å². The zero-order valence-corrected chi connectivity index (χ0v) is 20.7. The van der Waals surface area contributed by atoms with Gasteiger partial charge >= 0.3 is 0 Å². The van der Waals surface area contributed by atoms with Gasteiger partial charge in [0, 0.05) is 12.6 Å². The number of fused-ring (bicyclic) bond motifs is 1. The van der Waals surface area contributed by atoms with Crippen molar-refractivity contribution >= 4 is 15.9 Å². The summed E-state index contributed by atoms with van der Waals surface area (Å²) in [5.41, 5.74) is 0.694. The second-order valence-electron chi connectivity index (χ2n) is 7.90. The molecule has 0 spiro atoms. The summed E-state index contributed by atoms with van der Waals surface area (Å²) >= 11 is 0. The third-order valence-corrected chi connectivity index (χ3v) is 6.69. The maximum atomic E-state index is 13.0. The Hall–Kier alpha value is -3.18. The molecule has 0 radical (unpaired) electrons. The maximum Gasteiger partial charge on any atom is 0.241 e. The minimum Gasteiger partial charge on any atom is -0.493 e. The Morgan fingerprint density at radius 1 is 0.971 bits per heavy atom. The molecule has 0 aliphatic carbocycles. The first-order valence-electron chi connectivity index (χ1n) is 10.7. The van der Waals surface area contributed by atoms with E-state index in [1.54, 1.807) is 26.0 Å². The molecule has 3 rings (SSSR count). The van der Waals surface area contributed by atoms with Gasteiger partial charge in [-0.3, -0.25) is 4.79 Å². The molecule has 0 bridgehead atoms. The number of ether oxygens (including phenoxy) is 5. The van der Waals surface area contributed by atoms with Crippen molar-refractivity contribution in [2.24, 2.45) is 5.92 Å². The van der Waals surface area contributed by atoms with Gasteiger partial charge in [0.25, 0.3) is 0 Å². The third-order valence-electron chi connectivity index (χ3n) is 5.25. The highest BCUT2D eigenvalue weighted by Gasteiger charge is 2.29. The molecular weight excluding hydrogens is 464 g/mol. The fraction of sp³-hybridized carbons (Fsp3) is 0.435. The average Bonchev–Trinajstić information content (AvgIpc) is 2.84. The van der Waals surface area contributed by atoms with Crippen molar-refractivity contribution in [1.82, 2.24) is 10.0 Å². The summed E-state index contributed by atoms with van der Waals surface area (Å²) < 4.78 is 55.4. The van der Waals surface area contributed by atoms with Crippen molar-refractivity contribution in [3.8, 4) is 28.7 Å². The van der Waals surface area contributed by atoms with Gasteiger partial charge in [-0.15, -0.1) is 0 Å². The van der Waals surface area contributed by atoms with Gasteiger partial charge < -0.3 is 29.0 Å². The molecule has 1 atom stereocenters. The Morgan fingerprint density at radius 3 is 2.15 bits per heavy atom. The summed E-state index contributed by atoms with van der Waals surface area (Å²) in [5.74, 6) is 1.39. The minimum absolute atomic E-state index is 0.0140. The van der Waals surface area contributed by atoms with Crippen LogP contribution in [-0.2, 0) is 21.4 Å². The lowest BCUT2D eigenvalue weighted by Gasteiger charge is -2.23. The summed E-state index contributed by atoms with van der Waals surface area (Å²) in [6, 6.07) is 6.78. The van der Waals surface area contributed by atoms with Crippen molar-refractivity contribution in [3.63, 3.8) is 0 Å². The zero-order chi connectivity index (χ0) is 24.9. The summed E-state index contributed by atoms with van der Waals surface area (Å²) in [4.78, 5) is 12.9. The van der Waals surface area contributed by atoms with E-state index in [1.165, 1.54) is 39.5 Å². The number of nitrogens with one attached hydrogen (secondary N) is 2. The van der Waals surface area contributed by atoms with E-state index in [4.69, 9.17) is 23.7 Å². The molecule has 0 unspecified atom stereocenters. The zero-order valence-electron chi connectivity index (χ0n) is 19.8. The van der Waals surface area contributed by atoms with Crippen LogP contribution in [0, 0.1) is 5.92 Å². The lowest BCUT2D eigenvalue weighted by Crippen LogP contribution is -2.49. The van der Waals surface area contributed by atoms with Crippen LogP contribution >= 0.6 is 0 Å². The number of sulfonamides is 1. The Kier molecular flexibility index (Phi) is 8.11. The molecule has 1 aliphatic rings. The number of carbonyl (C=O) groups is 1. The number of amides is 1. The SMILES string of the molecule is COc1cc(CNC(=O)[C@@H](NS(=O)(=O)c2ccc3c(c2)OCCO3)C(C)C)cc(OC)c1OC. The van der Waals surface area contributed by atoms with Gasteiger partial charge in [0.05, 0.1) is 26.2 Å². The van der Waals surface area contributed by atoms with Crippen LogP contribution in [0.5, 0.6) is 28.7 Å². The second-order valence-corrected chi connectivity index (χ2v) is 9.61. The van der Waals surface area contributed by atoms with Crippen molar-refractivity contribution in [3.05, 3.63) is 35.9 Å². The first-order chi connectivity index (χ1) is 16.2. The Labute approximate surface area is 199 Å². The monoisotopic (exact) mass is 494 g/mol. The minimum atomic E-state index is -4.00. The topological polar surface area (TPSA) is 121 Å². The van der Waals surface area contributed by atoms with Crippen molar-refractivity contribution in [2.75, 3.05) is 34.5 Å². The van der Waals surface area contributed by atoms with Crippen LogP contribution in [-0.4, -0.2) is 54.9 Å². The van der Waals surface area contributed by atoms with Gasteiger partial charge in [-0.1, -0.05) is 13.8 Å². The maximum absolute atomic E-state index is 13.0. The van der Waals surface area contributed by atoms with Crippen LogP contribution in [0.25, 0.3) is 0 Å². The van der Waals surface area contributed by atoms with Crippen molar-refractivity contribution in [2.45, 2.75) is 31.3 Å². The van der Waals surface area contributed by atoms with E-state index in [-0.39, 0.29) is 17.4 Å². The normalized spacial score (nSPS) is 13.8. The summed E-state index contributed by atoms with van der Waals surface area (Å²) in [6.45, 7) is 4.39. The van der Waals surface area contributed by atoms with Gasteiger partial charge in [0.2, 0.25) is 21.7 Å². The number of benzene rings is 2. The van der Waals surface area contributed by atoms with Gasteiger partial charge in [0.15, 0.2) is 23.0 Å². The number of hydrogen-bond acceptors (Lipinski definition) is 8. The van der Waals surface area contributed by atoms with Crippen LogP contribution in [0.1, 0.15) is 19.4 Å². The molecular formula is C23H30N2O8S. The van der Waals surface area contributed by atoms with Gasteiger partial charge in [-0.2, -0.15) is 4.72 Å². The Morgan fingerprint density at radius 2 is 1.59 bits per heavy atom. The second kappa shape index (κ2) is 10.8. The summed E-state index contributed by atoms with van der Waals surface area (Å²) in [6.07, 6.45) is 0. The number of carbonyl (C=O) groups excluding carboxylic acids is 1. The standard InChI is InChI=1S/C23H30N2O8S/c1-14(2)21(25-34(27,28)16-6-7-17-18(12-16)33-9-8-32-17)23(26)24-13-15-10-19(29-3)22(31-5)20(11-15)30-4/h6-7,10-12,14,21,25H,8-9,13H2,1-5H3,(H,24,26)/t21-/m0/s1. The molecule has 2 aromatic carbocycles. The van der Waals surface area contributed by atoms with Crippen molar-refractivity contribution in [1.29, 1.82) is 0 Å². The molecule has 11 heteroatoms. The lowest BCUT2D eigenvalue weighted by atomic mass is 10.0. The highest BCUT2D eigenvalue weighted by Crippen LogP contribution is 2.38. The molecule has 0 fully saturated rings. The molecule has 34 heavy (non-hydrogen) atoms. The molecule has 1 heterocycles. The van der Waals surface area contributed by atoms with E-state index in [0.717, 1.165) is 0 Å². The quantitative estimate of drug-likeness (QED) is 0.515. The smallest absolute Gasteiger partial charge is 0.241 e. The fourth-order valence-electron chi connectivity index (χ4n) is 3.45. The molecule has 186 valence electrons. The molecule has 1 aliphatic heterocycles. The molecule has 2 N–H and O–H groups in total. The van der Waals surface area contributed by atoms with Crippen LogP contribution in [0.3, 0.4) is 0 Å². The van der Waals surface area contributed by atoms with Crippen LogP contribution in [0.4, 0.5) is 0 Å². The highest BCUT2D eigenvalue weighted by atomic mass is 32.2. The summed E-state index contributed by atoms with van der Waals surface area (Å²) in [5, 5.41) is 2.78. The third kappa shape index (κ3) is 5.65. The lowest BCUT2D eigenvalue weighted by molar-refractivity contribution is -0.123. The van der Waals surface area contributed by atoms with E-state index in [2.05, 4.69) is 10.0 Å². The highest BCUT2D eigenvalue weighted by molar-refractivity contribution is 7.89. The van der Waals surface area contributed by atoms with Crippen LogP contribution < -0.4 is 33.7 Å². The molecule has 0 saturated carbocycles. The van der Waals surface area contributed by atoms with Crippen molar-refractivity contribution < 1.29 is 36.9 Å². The molecule has 0 aromatic heterocycles. The number of hydrogen-bond donors (Lipinski definition) is 2. The van der Waals surface area contributed by atoms with E-state index >= 15 is 0 Å². The number of methoxy groups -OCH3 is 3. The Balaban J connectivity index is 1.75. The van der Waals surface area contributed by atoms with Gasteiger partial charge in [-0.05, 0) is 35.7 Å². The first kappa shape index (κ1) is 25.4. The molecule has 2 aromatic rings. The fourth-order valence-corrected chi connectivity index (χ4v) is 4.81. The van der Waals surface area contributed by atoms with E-state index in [1.807, 2.05) is 0 Å². The predicted octanol–water partition coefficient (Wildman–Crippen LogP) is 2.10. The number of rotatable bonds is 10.